The molecule has 0 aliphatic rings. The lowest BCUT2D eigenvalue weighted by Crippen LogP contribution is -1.94. The molecule has 0 saturated heterocycles. The van der Waals surface area contributed by atoms with Gasteiger partial charge >= 0.3 is 0 Å². The van der Waals surface area contributed by atoms with Crippen LogP contribution in [0.2, 0.25) is 5.02 Å². The first kappa shape index (κ1) is 16.6. The van der Waals surface area contributed by atoms with Gasteiger partial charge in [-0.25, -0.2) is 0 Å². The van der Waals surface area contributed by atoms with Crippen molar-refractivity contribution in [2.24, 2.45) is 0 Å². The molecule has 0 aliphatic carbocycles. The van der Waals surface area contributed by atoms with E-state index in [0.717, 1.165) is 15.2 Å². The van der Waals surface area contributed by atoms with E-state index in [1.807, 2.05) is 23.5 Å². The second-order valence-electron chi connectivity index (χ2n) is 6.92. The summed E-state index contributed by atoms with van der Waals surface area (Å²) in [6.07, 6.45) is 0. The van der Waals surface area contributed by atoms with Gasteiger partial charge in [-0.2, -0.15) is 0 Å². The zero-order valence-corrected chi connectivity index (χ0v) is 17.8. The summed E-state index contributed by atoms with van der Waals surface area (Å²) in [7, 11) is 0. The Morgan fingerprint density at radius 3 is 2.36 bits per heavy atom. The van der Waals surface area contributed by atoms with Crippen LogP contribution in [-0.2, 0) is 0 Å². The first-order valence-electron chi connectivity index (χ1n) is 9.00. The maximum Gasteiger partial charge on any atom is 0.0719 e. The number of hydrogen-bond donors (Lipinski definition) is 0. The third kappa shape index (κ3) is 2.30. The molecular formula is C24H13BrClNS. The predicted octanol–water partition coefficient (Wildman–Crippen LogP) is 8.57. The van der Waals surface area contributed by atoms with Gasteiger partial charge in [-0.1, -0.05) is 76.1 Å². The molecule has 0 unspecified atom stereocenters. The van der Waals surface area contributed by atoms with Gasteiger partial charge in [0.2, 0.25) is 0 Å². The van der Waals surface area contributed by atoms with Gasteiger partial charge in [0.05, 0.1) is 15.7 Å². The highest BCUT2D eigenvalue weighted by molar-refractivity contribution is 9.10. The van der Waals surface area contributed by atoms with Gasteiger partial charge < -0.3 is 4.57 Å². The molecule has 2 heterocycles. The van der Waals surface area contributed by atoms with Gasteiger partial charge in [0.25, 0.3) is 0 Å². The molecule has 134 valence electrons. The molecule has 0 fully saturated rings. The zero-order valence-electron chi connectivity index (χ0n) is 14.6. The molecule has 28 heavy (non-hydrogen) atoms. The van der Waals surface area contributed by atoms with Crippen LogP contribution in [0.5, 0.6) is 0 Å². The van der Waals surface area contributed by atoms with E-state index in [1.54, 1.807) is 0 Å². The van der Waals surface area contributed by atoms with E-state index in [1.165, 1.54) is 42.0 Å². The van der Waals surface area contributed by atoms with Gasteiger partial charge in [0, 0.05) is 41.4 Å². The normalized spacial score (nSPS) is 11.9. The number of thiophene rings is 1. The molecule has 4 aromatic carbocycles. The average Bonchev–Trinajstić information content (AvgIpc) is 3.23. The minimum atomic E-state index is 0.721. The predicted molar refractivity (Wildman–Crippen MR) is 126 cm³/mol. The SMILES string of the molecule is Clc1cc(Br)cc(-n2c3ccccc3c3ccc4c5ccccc5sc4c32)c1. The summed E-state index contributed by atoms with van der Waals surface area (Å²) >= 11 is 11.9. The fraction of sp³-hybridized carbons (Fsp3) is 0. The van der Waals surface area contributed by atoms with Crippen LogP contribution < -0.4 is 0 Å². The lowest BCUT2D eigenvalue weighted by atomic mass is 10.1. The standard InChI is InChI=1S/C24H13BrClNS/c25-14-11-15(26)13-16(12-14)27-21-7-3-1-5-17(21)19-9-10-20-18-6-2-4-8-22(18)28-24(20)23(19)27/h1-13H. The van der Waals surface area contributed by atoms with Crippen LogP contribution in [-0.4, -0.2) is 4.57 Å². The smallest absolute Gasteiger partial charge is 0.0719 e. The van der Waals surface area contributed by atoms with Crippen LogP contribution in [0.25, 0.3) is 47.7 Å². The highest BCUT2D eigenvalue weighted by Gasteiger charge is 2.17. The van der Waals surface area contributed by atoms with Crippen LogP contribution in [0.4, 0.5) is 0 Å². The molecule has 6 rings (SSSR count). The molecule has 4 heteroatoms. The maximum absolute atomic E-state index is 6.41. The Bertz CT molecular complexity index is 1520. The Balaban J connectivity index is 1.89. The zero-order chi connectivity index (χ0) is 18.8. The highest BCUT2D eigenvalue weighted by Crippen LogP contribution is 2.43. The first-order chi connectivity index (χ1) is 13.7. The molecular weight excluding hydrogens is 450 g/mol. The number of halogens is 2. The Labute approximate surface area is 178 Å². The molecule has 0 bridgehead atoms. The monoisotopic (exact) mass is 461 g/mol. The number of nitrogens with zero attached hydrogens (tertiary/aromatic N) is 1. The highest BCUT2D eigenvalue weighted by atomic mass is 79.9. The summed E-state index contributed by atoms with van der Waals surface area (Å²) < 4.78 is 5.95. The molecule has 0 saturated carbocycles. The number of aromatic nitrogens is 1. The van der Waals surface area contributed by atoms with Crippen LogP contribution in [0.1, 0.15) is 0 Å². The molecule has 0 amide bonds. The Hall–Kier alpha value is -2.33. The topological polar surface area (TPSA) is 4.93 Å². The quantitative estimate of drug-likeness (QED) is 0.230. The van der Waals surface area contributed by atoms with Crippen molar-refractivity contribution < 1.29 is 0 Å². The minimum Gasteiger partial charge on any atom is -0.308 e. The lowest BCUT2D eigenvalue weighted by molar-refractivity contribution is 1.18. The fourth-order valence-corrected chi connectivity index (χ4v) is 6.25. The summed E-state index contributed by atoms with van der Waals surface area (Å²) in [5, 5.41) is 5.87. The van der Waals surface area contributed by atoms with E-state index in [9.17, 15) is 0 Å². The summed E-state index contributed by atoms with van der Waals surface area (Å²) in [6, 6.07) is 27.8. The van der Waals surface area contributed by atoms with E-state index < -0.39 is 0 Å². The summed E-state index contributed by atoms with van der Waals surface area (Å²) in [5.41, 5.74) is 3.50. The number of para-hydroxylation sites is 1. The van der Waals surface area contributed by atoms with Crippen molar-refractivity contribution in [1.29, 1.82) is 0 Å². The number of hydrogen-bond acceptors (Lipinski definition) is 1. The molecule has 0 spiro atoms. The van der Waals surface area contributed by atoms with Crippen molar-refractivity contribution in [3.05, 3.63) is 88.4 Å². The van der Waals surface area contributed by atoms with Gasteiger partial charge in [-0.15, -0.1) is 11.3 Å². The summed E-state index contributed by atoms with van der Waals surface area (Å²) in [5.74, 6) is 0. The lowest BCUT2D eigenvalue weighted by Gasteiger charge is -2.10. The summed E-state index contributed by atoms with van der Waals surface area (Å²) in [6.45, 7) is 0. The van der Waals surface area contributed by atoms with Crippen LogP contribution in [0.3, 0.4) is 0 Å². The second kappa shape index (κ2) is 6.08. The molecule has 0 atom stereocenters. The third-order valence-corrected chi connectivity index (χ3v) is 7.15. The van der Waals surface area contributed by atoms with E-state index >= 15 is 0 Å². The average molecular weight is 463 g/mol. The number of fused-ring (bicyclic) bond motifs is 7. The van der Waals surface area contributed by atoms with Gasteiger partial charge in [-0.3, -0.25) is 0 Å². The van der Waals surface area contributed by atoms with Crippen molar-refractivity contribution in [2.75, 3.05) is 0 Å². The largest absolute Gasteiger partial charge is 0.308 e. The molecule has 6 aromatic rings. The van der Waals surface area contributed by atoms with Gasteiger partial charge in [0.1, 0.15) is 0 Å². The van der Waals surface area contributed by atoms with Gasteiger partial charge in [0.15, 0.2) is 0 Å². The molecule has 0 radical (unpaired) electrons. The fourth-order valence-electron chi connectivity index (χ4n) is 4.17. The van der Waals surface area contributed by atoms with Crippen molar-refractivity contribution in [2.45, 2.75) is 0 Å². The van der Waals surface area contributed by atoms with E-state index in [-0.39, 0.29) is 0 Å². The van der Waals surface area contributed by atoms with Crippen molar-refractivity contribution >= 4 is 80.8 Å². The first-order valence-corrected chi connectivity index (χ1v) is 11.0. The van der Waals surface area contributed by atoms with Crippen LogP contribution >= 0.6 is 38.9 Å². The molecule has 2 aromatic heterocycles. The third-order valence-electron chi connectivity index (χ3n) is 5.28. The Morgan fingerprint density at radius 2 is 1.50 bits per heavy atom. The van der Waals surface area contributed by atoms with Crippen molar-refractivity contribution in [3.8, 4) is 5.69 Å². The Kier molecular flexibility index (Phi) is 3.61. The summed E-state index contributed by atoms with van der Waals surface area (Å²) in [4.78, 5) is 0. The molecule has 0 aliphatic heterocycles. The van der Waals surface area contributed by atoms with Crippen molar-refractivity contribution in [3.63, 3.8) is 0 Å². The molecule has 1 nitrogen and oxygen atoms in total. The van der Waals surface area contributed by atoms with E-state index in [2.05, 4.69) is 87.2 Å². The van der Waals surface area contributed by atoms with E-state index in [4.69, 9.17) is 11.6 Å². The van der Waals surface area contributed by atoms with Gasteiger partial charge in [-0.05, 0) is 30.3 Å². The van der Waals surface area contributed by atoms with E-state index in [0.29, 0.717) is 0 Å². The number of rotatable bonds is 1. The van der Waals surface area contributed by atoms with Crippen LogP contribution in [0, 0.1) is 0 Å². The van der Waals surface area contributed by atoms with Crippen LogP contribution in [0.15, 0.2) is 83.3 Å². The number of benzene rings is 4. The maximum atomic E-state index is 6.41. The second-order valence-corrected chi connectivity index (χ2v) is 9.32. The minimum absolute atomic E-state index is 0.721. The van der Waals surface area contributed by atoms with Crippen molar-refractivity contribution in [1.82, 2.24) is 4.57 Å². The molecule has 0 N–H and O–H groups in total. The Morgan fingerprint density at radius 1 is 0.750 bits per heavy atom.